The second-order valence-corrected chi connectivity index (χ2v) is 4.92. The van der Waals surface area contributed by atoms with Crippen LogP contribution in [0.5, 0.6) is 5.75 Å². The van der Waals surface area contributed by atoms with Crippen LogP contribution in [0.25, 0.3) is 0 Å². The van der Waals surface area contributed by atoms with Gasteiger partial charge in [-0.15, -0.1) is 0 Å². The van der Waals surface area contributed by atoms with E-state index < -0.39 is 0 Å². The molecule has 0 atom stereocenters. The number of halogens is 1. The van der Waals surface area contributed by atoms with Crippen LogP contribution in [0, 0.1) is 0 Å². The molecule has 1 amide bonds. The van der Waals surface area contributed by atoms with Gasteiger partial charge in [0, 0.05) is 17.4 Å². The van der Waals surface area contributed by atoms with Gasteiger partial charge in [0.1, 0.15) is 5.75 Å². The van der Waals surface area contributed by atoms with E-state index in [4.69, 9.17) is 10.5 Å². The van der Waals surface area contributed by atoms with Crippen LogP contribution in [0.15, 0.2) is 46.9 Å². The number of hydrogen-bond donors (Lipinski definition) is 2. The molecule has 0 unspecified atom stereocenters. The van der Waals surface area contributed by atoms with E-state index in [1.54, 1.807) is 30.3 Å². The first kappa shape index (κ1) is 14.4. The molecule has 0 saturated carbocycles. The summed E-state index contributed by atoms with van der Waals surface area (Å²) in [5, 5.41) is 2.82. The van der Waals surface area contributed by atoms with Gasteiger partial charge in [0.2, 0.25) is 0 Å². The third-order valence-electron chi connectivity index (χ3n) is 2.68. The van der Waals surface area contributed by atoms with Crippen LogP contribution in [-0.2, 0) is 0 Å². The molecular weight excluding hydrogens is 320 g/mol. The summed E-state index contributed by atoms with van der Waals surface area (Å²) in [6.45, 7) is 2.49. The van der Waals surface area contributed by atoms with Crippen molar-refractivity contribution in [2.45, 2.75) is 6.92 Å². The molecule has 0 bridgehead atoms. The number of carbonyl (C=O) groups excluding carboxylic acids is 1. The van der Waals surface area contributed by atoms with Crippen LogP contribution in [0.3, 0.4) is 0 Å². The van der Waals surface area contributed by atoms with Gasteiger partial charge in [-0.05, 0) is 47.1 Å². The Morgan fingerprint density at radius 2 is 2.05 bits per heavy atom. The van der Waals surface area contributed by atoms with Crippen LogP contribution < -0.4 is 15.8 Å². The fourth-order valence-corrected chi connectivity index (χ4v) is 2.20. The molecule has 0 saturated heterocycles. The highest BCUT2D eigenvalue weighted by Gasteiger charge is 2.12. The molecule has 0 fully saturated rings. The van der Waals surface area contributed by atoms with Crippen molar-refractivity contribution in [3.05, 3.63) is 52.5 Å². The van der Waals surface area contributed by atoms with E-state index in [9.17, 15) is 4.79 Å². The molecule has 2 aromatic rings. The molecule has 4 nitrogen and oxygen atoms in total. The predicted molar refractivity (Wildman–Crippen MR) is 84.1 cm³/mol. The number of anilines is 2. The standard InChI is InChI=1S/C15H15BrN2O2/c1-2-20-11-6-3-5-10(9-11)18-15(19)12-7-4-8-13(17)14(12)16/h3-9H,2,17H2,1H3,(H,18,19). The minimum atomic E-state index is -0.224. The molecule has 0 aliphatic heterocycles. The number of hydrogen-bond acceptors (Lipinski definition) is 3. The van der Waals surface area contributed by atoms with Gasteiger partial charge in [-0.1, -0.05) is 12.1 Å². The highest BCUT2D eigenvalue weighted by Crippen LogP contribution is 2.25. The van der Waals surface area contributed by atoms with Crippen molar-refractivity contribution in [3.63, 3.8) is 0 Å². The molecule has 20 heavy (non-hydrogen) atoms. The number of benzene rings is 2. The van der Waals surface area contributed by atoms with Gasteiger partial charge in [-0.25, -0.2) is 0 Å². The van der Waals surface area contributed by atoms with Crippen molar-refractivity contribution in [1.29, 1.82) is 0 Å². The Morgan fingerprint density at radius 3 is 2.80 bits per heavy atom. The van der Waals surface area contributed by atoms with Gasteiger partial charge in [-0.3, -0.25) is 4.79 Å². The number of nitrogens with one attached hydrogen (secondary N) is 1. The topological polar surface area (TPSA) is 64.3 Å². The summed E-state index contributed by atoms with van der Waals surface area (Å²) in [6, 6.07) is 12.4. The Morgan fingerprint density at radius 1 is 1.30 bits per heavy atom. The molecule has 0 heterocycles. The molecule has 0 radical (unpaired) electrons. The average Bonchev–Trinajstić information content (AvgIpc) is 2.42. The normalized spacial score (nSPS) is 10.1. The number of amides is 1. The third kappa shape index (κ3) is 3.30. The van der Waals surface area contributed by atoms with E-state index in [2.05, 4.69) is 21.2 Å². The smallest absolute Gasteiger partial charge is 0.256 e. The number of rotatable bonds is 4. The Kier molecular flexibility index (Phi) is 4.63. The second-order valence-electron chi connectivity index (χ2n) is 4.12. The maximum Gasteiger partial charge on any atom is 0.256 e. The van der Waals surface area contributed by atoms with E-state index in [1.165, 1.54) is 0 Å². The first-order valence-electron chi connectivity index (χ1n) is 6.20. The molecular formula is C15H15BrN2O2. The minimum absolute atomic E-state index is 0.224. The number of ether oxygens (including phenoxy) is 1. The highest BCUT2D eigenvalue weighted by atomic mass is 79.9. The minimum Gasteiger partial charge on any atom is -0.494 e. The quantitative estimate of drug-likeness (QED) is 0.838. The molecule has 3 N–H and O–H groups in total. The van der Waals surface area contributed by atoms with Gasteiger partial charge >= 0.3 is 0 Å². The largest absolute Gasteiger partial charge is 0.494 e. The lowest BCUT2D eigenvalue weighted by molar-refractivity contribution is 0.102. The second kappa shape index (κ2) is 6.43. The molecule has 2 aromatic carbocycles. The molecule has 0 aliphatic rings. The first-order chi connectivity index (χ1) is 9.61. The maximum absolute atomic E-state index is 12.2. The lowest BCUT2D eigenvalue weighted by Crippen LogP contribution is -2.13. The van der Waals surface area contributed by atoms with Crippen LogP contribution in [0.1, 0.15) is 17.3 Å². The summed E-state index contributed by atoms with van der Waals surface area (Å²) in [4.78, 5) is 12.2. The zero-order valence-corrected chi connectivity index (χ0v) is 12.6. The number of nitrogens with two attached hydrogens (primary N) is 1. The van der Waals surface area contributed by atoms with Gasteiger partial charge in [0.15, 0.2) is 0 Å². The van der Waals surface area contributed by atoms with Crippen LogP contribution in [0.2, 0.25) is 0 Å². The van der Waals surface area contributed by atoms with Gasteiger partial charge in [0.05, 0.1) is 16.6 Å². The SMILES string of the molecule is CCOc1cccc(NC(=O)c2cccc(N)c2Br)c1. The van der Waals surface area contributed by atoms with E-state index in [0.717, 1.165) is 5.75 Å². The van der Waals surface area contributed by atoms with E-state index in [-0.39, 0.29) is 5.91 Å². The number of carbonyl (C=O) groups is 1. The van der Waals surface area contributed by atoms with E-state index >= 15 is 0 Å². The van der Waals surface area contributed by atoms with Crippen LogP contribution in [-0.4, -0.2) is 12.5 Å². The fourth-order valence-electron chi connectivity index (χ4n) is 1.75. The van der Waals surface area contributed by atoms with Gasteiger partial charge in [0.25, 0.3) is 5.91 Å². The van der Waals surface area contributed by atoms with Crippen molar-refractivity contribution in [2.24, 2.45) is 0 Å². The first-order valence-corrected chi connectivity index (χ1v) is 6.99. The Bertz CT molecular complexity index is 629. The Labute approximate surface area is 126 Å². The zero-order valence-electron chi connectivity index (χ0n) is 11.0. The Balaban J connectivity index is 2.19. The van der Waals surface area contributed by atoms with Crippen molar-refractivity contribution in [1.82, 2.24) is 0 Å². The van der Waals surface area contributed by atoms with E-state index in [1.807, 2.05) is 19.1 Å². The lowest BCUT2D eigenvalue weighted by atomic mass is 10.2. The molecule has 104 valence electrons. The monoisotopic (exact) mass is 334 g/mol. The summed E-state index contributed by atoms with van der Waals surface area (Å²) in [6.07, 6.45) is 0. The van der Waals surface area contributed by atoms with Gasteiger partial charge < -0.3 is 15.8 Å². The molecule has 0 aliphatic carbocycles. The molecule has 2 rings (SSSR count). The summed E-state index contributed by atoms with van der Waals surface area (Å²) in [5.74, 6) is 0.495. The maximum atomic E-state index is 12.2. The highest BCUT2D eigenvalue weighted by molar-refractivity contribution is 9.10. The molecule has 0 spiro atoms. The van der Waals surface area contributed by atoms with Crippen LogP contribution >= 0.6 is 15.9 Å². The summed E-state index contributed by atoms with van der Waals surface area (Å²) in [5.41, 5.74) is 7.47. The van der Waals surface area contributed by atoms with Crippen molar-refractivity contribution >= 4 is 33.2 Å². The predicted octanol–water partition coefficient (Wildman–Crippen LogP) is 3.68. The zero-order chi connectivity index (χ0) is 14.5. The average molecular weight is 335 g/mol. The van der Waals surface area contributed by atoms with Crippen LogP contribution in [0.4, 0.5) is 11.4 Å². The van der Waals surface area contributed by atoms with Crippen molar-refractivity contribution in [2.75, 3.05) is 17.7 Å². The summed E-state index contributed by atoms with van der Waals surface area (Å²) in [7, 11) is 0. The van der Waals surface area contributed by atoms with E-state index in [0.29, 0.717) is 28.0 Å². The van der Waals surface area contributed by atoms with Gasteiger partial charge in [-0.2, -0.15) is 0 Å². The molecule has 0 aromatic heterocycles. The fraction of sp³-hybridized carbons (Fsp3) is 0.133. The third-order valence-corrected chi connectivity index (χ3v) is 3.56. The summed E-state index contributed by atoms with van der Waals surface area (Å²) >= 11 is 3.32. The van der Waals surface area contributed by atoms with Crippen molar-refractivity contribution < 1.29 is 9.53 Å². The van der Waals surface area contributed by atoms with Crippen molar-refractivity contribution in [3.8, 4) is 5.75 Å². The number of nitrogen functional groups attached to an aromatic ring is 1. The molecule has 5 heteroatoms. The summed E-state index contributed by atoms with van der Waals surface area (Å²) < 4.78 is 5.99. The Hall–Kier alpha value is -2.01. The lowest BCUT2D eigenvalue weighted by Gasteiger charge is -2.10.